The number of ether oxygens (including phenoxy) is 1. The van der Waals surface area contributed by atoms with Crippen LogP contribution in [-0.2, 0) is 14.8 Å². The van der Waals surface area contributed by atoms with Crippen molar-refractivity contribution < 1.29 is 22.9 Å². The van der Waals surface area contributed by atoms with Crippen LogP contribution in [-0.4, -0.2) is 32.6 Å². The fraction of sp³-hybridized carbons (Fsp3) is 0.130. The Labute approximate surface area is 196 Å². The van der Waals surface area contributed by atoms with Crippen LogP contribution in [0.15, 0.2) is 70.7 Å². The molecule has 0 amide bonds. The molecule has 0 aliphatic rings. The fourth-order valence-corrected chi connectivity index (χ4v) is 4.21. The number of anilines is 2. The van der Waals surface area contributed by atoms with E-state index in [1.54, 1.807) is 43.3 Å². The maximum Gasteiger partial charge on any atom is 0.337 e. The summed E-state index contributed by atoms with van der Waals surface area (Å²) in [4.78, 5) is 22.1. The highest BCUT2D eigenvalue weighted by Gasteiger charge is 2.22. The predicted octanol–water partition coefficient (Wildman–Crippen LogP) is 4.25. The number of rotatable bonds is 8. The zero-order chi connectivity index (χ0) is 24.9. The molecule has 34 heavy (non-hydrogen) atoms. The van der Waals surface area contributed by atoms with Gasteiger partial charge in [0, 0.05) is 6.07 Å². The molecule has 0 aliphatic carbocycles. The van der Waals surface area contributed by atoms with Crippen LogP contribution in [0, 0.1) is 24.0 Å². The molecule has 11 heteroatoms. The van der Waals surface area contributed by atoms with Gasteiger partial charge in [0.15, 0.2) is 0 Å². The number of nitro benzene ring substituents is 1. The molecule has 0 heterocycles. The van der Waals surface area contributed by atoms with E-state index in [1.807, 2.05) is 13.0 Å². The minimum absolute atomic E-state index is 0.0119. The van der Waals surface area contributed by atoms with E-state index in [-0.39, 0.29) is 10.6 Å². The standard InChI is InChI=1S/C23H22N4O6S/c1-15-4-10-20(16(2)12-15)26-34(31,32)19-9-11-21(22(13-19)27(29)30)25-24-14-17-5-7-18(8-6-17)23(28)33-3/h4-14,25-26H,1-3H3/b24-14-. The second kappa shape index (κ2) is 10.1. The van der Waals surface area contributed by atoms with Crippen LogP contribution in [0.2, 0.25) is 0 Å². The molecule has 3 aromatic rings. The van der Waals surface area contributed by atoms with Gasteiger partial charge in [0.2, 0.25) is 0 Å². The number of sulfonamides is 1. The van der Waals surface area contributed by atoms with Crippen molar-refractivity contribution in [2.75, 3.05) is 17.3 Å². The zero-order valence-corrected chi connectivity index (χ0v) is 19.4. The molecule has 0 aliphatic heterocycles. The topological polar surface area (TPSA) is 140 Å². The number of esters is 1. The van der Waals surface area contributed by atoms with E-state index in [2.05, 4.69) is 20.0 Å². The smallest absolute Gasteiger partial charge is 0.337 e. The molecule has 2 N–H and O–H groups in total. The molecule has 176 valence electrons. The van der Waals surface area contributed by atoms with Gasteiger partial charge in [0.25, 0.3) is 15.7 Å². The molecule has 3 aromatic carbocycles. The van der Waals surface area contributed by atoms with Gasteiger partial charge in [-0.05, 0) is 55.3 Å². The number of nitrogens with one attached hydrogen (secondary N) is 2. The van der Waals surface area contributed by atoms with E-state index in [4.69, 9.17) is 0 Å². The molecule has 0 unspecified atom stereocenters. The third-order valence-corrected chi connectivity index (χ3v) is 6.20. The molecule has 0 saturated carbocycles. The normalized spacial score (nSPS) is 11.3. The van der Waals surface area contributed by atoms with Crippen LogP contribution >= 0.6 is 0 Å². The molecule has 10 nitrogen and oxygen atoms in total. The van der Waals surface area contributed by atoms with Crippen LogP contribution in [0.1, 0.15) is 27.0 Å². The number of methoxy groups -OCH3 is 1. The molecule has 0 bridgehead atoms. The molecule has 0 aromatic heterocycles. The van der Waals surface area contributed by atoms with E-state index in [9.17, 15) is 23.3 Å². The van der Waals surface area contributed by atoms with Gasteiger partial charge in [-0.1, -0.05) is 29.8 Å². The Hall–Kier alpha value is -4.25. The Morgan fingerprint density at radius 3 is 2.32 bits per heavy atom. The van der Waals surface area contributed by atoms with Gasteiger partial charge in [-0.25, -0.2) is 13.2 Å². The van der Waals surface area contributed by atoms with Crippen LogP contribution in [0.3, 0.4) is 0 Å². The number of hydrogen-bond donors (Lipinski definition) is 2. The summed E-state index contributed by atoms with van der Waals surface area (Å²) in [6.07, 6.45) is 1.40. The van der Waals surface area contributed by atoms with E-state index < -0.39 is 26.6 Å². The predicted molar refractivity (Wildman–Crippen MR) is 129 cm³/mol. The highest BCUT2D eigenvalue weighted by atomic mass is 32.2. The van der Waals surface area contributed by atoms with Crippen molar-refractivity contribution in [2.45, 2.75) is 18.7 Å². The van der Waals surface area contributed by atoms with Crippen LogP contribution in [0.5, 0.6) is 0 Å². The molecule has 0 saturated heterocycles. The van der Waals surface area contributed by atoms with Crippen LogP contribution in [0.25, 0.3) is 0 Å². The molecular formula is C23H22N4O6S. The number of aryl methyl sites for hydroxylation is 2. The van der Waals surface area contributed by atoms with Crippen molar-refractivity contribution in [3.8, 4) is 0 Å². The fourth-order valence-electron chi connectivity index (χ4n) is 3.06. The second-order valence-corrected chi connectivity index (χ2v) is 9.03. The SMILES string of the molecule is COC(=O)c1ccc(/C=N\Nc2ccc(S(=O)(=O)Nc3ccc(C)cc3C)cc2[N+](=O)[O-])cc1. The van der Waals surface area contributed by atoms with Crippen molar-refractivity contribution in [1.29, 1.82) is 0 Å². The minimum Gasteiger partial charge on any atom is -0.465 e. The third-order valence-electron chi connectivity index (χ3n) is 4.83. The molecule has 0 spiro atoms. The Morgan fingerprint density at radius 2 is 1.71 bits per heavy atom. The lowest BCUT2D eigenvalue weighted by molar-refractivity contribution is -0.384. The molecule has 0 fully saturated rings. The Balaban J connectivity index is 1.80. The number of benzene rings is 3. The highest BCUT2D eigenvalue weighted by molar-refractivity contribution is 7.92. The Morgan fingerprint density at radius 1 is 1.03 bits per heavy atom. The van der Waals surface area contributed by atoms with Crippen molar-refractivity contribution in [3.05, 3.63) is 93.0 Å². The number of nitro groups is 1. The molecule has 3 rings (SSSR count). The number of nitrogens with zero attached hydrogens (tertiary/aromatic N) is 2. The maximum absolute atomic E-state index is 12.8. The first kappa shape index (κ1) is 24.4. The summed E-state index contributed by atoms with van der Waals surface area (Å²) in [6, 6.07) is 15.1. The molecular weight excluding hydrogens is 460 g/mol. The largest absolute Gasteiger partial charge is 0.465 e. The maximum atomic E-state index is 12.8. The summed E-state index contributed by atoms with van der Waals surface area (Å²) >= 11 is 0. The average molecular weight is 483 g/mol. The lowest BCUT2D eigenvalue weighted by Gasteiger charge is -2.12. The zero-order valence-electron chi connectivity index (χ0n) is 18.6. The number of carbonyl (C=O) groups is 1. The lowest BCUT2D eigenvalue weighted by Crippen LogP contribution is -2.14. The molecule has 0 radical (unpaired) electrons. The lowest BCUT2D eigenvalue weighted by atomic mass is 10.1. The second-order valence-electron chi connectivity index (χ2n) is 7.34. The summed E-state index contributed by atoms with van der Waals surface area (Å²) in [6.45, 7) is 3.65. The van der Waals surface area contributed by atoms with Gasteiger partial charge in [-0.3, -0.25) is 20.3 Å². The van der Waals surface area contributed by atoms with Gasteiger partial charge >= 0.3 is 5.97 Å². The van der Waals surface area contributed by atoms with Crippen LogP contribution < -0.4 is 10.1 Å². The summed E-state index contributed by atoms with van der Waals surface area (Å²) in [7, 11) is -2.77. The first-order valence-electron chi connectivity index (χ1n) is 9.96. The first-order valence-corrected chi connectivity index (χ1v) is 11.4. The van der Waals surface area contributed by atoms with Crippen molar-refractivity contribution >= 4 is 39.3 Å². The summed E-state index contributed by atoms with van der Waals surface area (Å²) in [5.74, 6) is -0.473. The third kappa shape index (κ3) is 5.75. The van der Waals surface area contributed by atoms with Gasteiger partial charge in [0.05, 0.1) is 34.4 Å². The average Bonchev–Trinajstić information content (AvgIpc) is 2.80. The number of carbonyl (C=O) groups excluding carboxylic acids is 1. The van der Waals surface area contributed by atoms with Crippen LogP contribution in [0.4, 0.5) is 17.1 Å². The van der Waals surface area contributed by atoms with Gasteiger partial charge in [0.1, 0.15) is 5.69 Å². The minimum atomic E-state index is -4.06. The highest BCUT2D eigenvalue weighted by Crippen LogP contribution is 2.29. The monoisotopic (exact) mass is 482 g/mol. The van der Waals surface area contributed by atoms with Crippen molar-refractivity contribution in [2.24, 2.45) is 5.10 Å². The van der Waals surface area contributed by atoms with Crippen molar-refractivity contribution in [3.63, 3.8) is 0 Å². The van der Waals surface area contributed by atoms with E-state index in [1.165, 1.54) is 25.5 Å². The van der Waals surface area contributed by atoms with E-state index in [0.29, 0.717) is 16.8 Å². The van der Waals surface area contributed by atoms with Gasteiger partial charge in [-0.15, -0.1) is 0 Å². The Kier molecular flexibility index (Phi) is 7.27. The van der Waals surface area contributed by atoms with Crippen molar-refractivity contribution in [1.82, 2.24) is 0 Å². The quantitative estimate of drug-likeness (QED) is 0.212. The first-order chi connectivity index (χ1) is 16.1. The molecule has 0 atom stereocenters. The van der Waals surface area contributed by atoms with Gasteiger partial charge in [-0.2, -0.15) is 5.10 Å². The van der Waals surface area contributed by atoms with E-state index >= 15 is 0 Å². The van der Waals surface area contributed by atoms with E-state index in [0.717, 1.165) is 17.2 Å². The Bertz CT molecular complexity index is 1370. The summed E-state index contributed by atoms with van der Waals surface area (Å²) < 4.78 is 32.7. The summed E-state index contributed by atoms with van der Waals surface area (Å²) in [5, 5.41) is 15.5. The summed E-state index contributed by atoms with van der Waals surface area (Å²) in [5.41, 5.74) is 5.20. The van der Waals surface area contributed by atoms with Gasteiger partial charge < -0.3 is 4.74 Å². The number of hydrazone groups is 1. The number of hydrogen-bond acceptors (Lipinski definition) is 8.